The van der Waals surface area contributed by atoms with Gasteiger partial charge in [-0.1, -0.05) is 34.6 Å². The van der Waals surface area contributed by atoms with Crippen LogP contribution in [0, 0.1) is 35.5 Å². The molecule has 3 heterocycles. The largest absolute Gasteiger partial charge is 0.462 e. The van der Waals surface area contributed by atoms with Gasteiger partial charge in [-0.15, -0.1) is 0 Å². The van der Waals surface area contributed by atoms with Crippen molar-refractivity contribution in [2.24, 2.45) is 35.5 Å². The standard InChI is InChI=1S/C42H72O16/c1-19-17-41(12,49)37(46)24(6)35(55-29(11)44)23(5)34(21(3)26(8)53-28(10)43)57-39(48)25(7)36(56-31-18-42(13,51-15)38(47)27(9)54-31)22(4)33(19)58-40-32(45)30(50-14)16-20(2)52-40/h19-27,30-36,38,40,45,47,49H,16-18H2,1-15H3. The molecule has 3 rings (SSSR count). The lowest BCUT2D eigenvalue weighted by Gasteiger charge is -2.47. The average molecular weight is 833 g/mol. The van der Waals surface area contributed by atoms with Gasteiger partial charge in [0.05, 0.1) is 48.0 Å². The van der Waals surface area contributed by atoms with Crippen LogP contribution in [-0.2, 0) is 61.8 Å². The molecule has 0 aromatic heterocycles. The minimum Gasteiger partial charge on any atom is -0.462 e. The van der Waals surface area contributed by atoms with Gasteiger partial charge in [-0.25, -0.2) is 0 Å². The number of aliphatic hydroxyl groups is 3. The Kier molecular flexibility index (Phi) is 17.7. The van der Waals surface area contributed by atoms with Crippen LogP contribution in [-0.4, -0.2) is 138 Å². The maximum absolute atomic E-state index is 14.7. The van der Waals surface area contributed by atoms with Crippen molar-refractivity contribution in [1.82, 2.24) is 0 Å². The van der Waals surface area contributed by atoms with Gasteiger partial charge in [0, 0.05) is 58.7 Å². The van der Waals surface area contributed by atoms with Gasteiger partial charge in [-0.3, -0.25) is 19.2 Å². The minimum absolute atomic E-state index is 0.0836. The van der Waals surface area contributed by atoms with Gasteiger partial charge in [0.25, 0.3) is 0 Å². The summed E-state index contributed by atoms with van der Waals surface area (Å²) < 4.78 is 54.7. The Labute approximate surface area is 344 Å². The number of cyclic esters (lactones) is 1. The molecule has 3 aliphatic heterocycles. The number of rotatable bonds is 10. The van der Waals surface area contributed by atoms with Crippen LogP contribution in [0.3, 0.4) is 0 Å². The number of carbonyl (C=O) groups is 4. The molecule has 0 radical (unpaired) electrons. The molecular weight excluding hydrogens is 760 g/mol. The molecule has 20 atom stereocenters. The molecule has 3 fully saturated rings. The monoisotopic (exact) mass is 832 g/mol. The highest BCUT2D eigenvalue weighted by atomic mass is 16.7. The van der Waals surface area contributed by atoms with Crippen molar-refractivity contribution in [1.29, 1.82) is 0 Å². The molecule has 3 aliphatic rings. The molecule has 3 N–H and O–H groups in total. The molecule has 58 heavy (non-hydrogen) atoms. The van der Waals surface area contributed by atoms with Crippen molar-refractivity contribution in [3.05, 3.63) is 0 Å². The zero-order chi connectivity index (χ0) is 44.2. The Morgan fingerprint density at radius 1 is 0.828 bits per heavy atom. The van der Waals surface area contributed by atoms with Crippen LogP contribution in [0.4, 0.5) is 0 Å². The third-order valence-corrected chi connectivity index (χ3v) is 12.8. The van der Waals surface area contributed by atoms with E-state index in [4.69, 9.17) is 42.6 Å². The van der Waals surface area contributed by atoms with Gasteiger partial charge in [-0.05, 0) is 53.9 Å². The van der Waals surface area contributed by atoms with Gasteiger partial charge < -0.3 is 58.0 Å². The molecule has 0 bridgehead atoms. The van der Waals surface area contributed by atoms with Crippen LogP contribution < -0.4 is 0 Å². The number of hydrogen-bond acceptors (Lipinski definition) is 16. The Hall–Kier alpha value is -2.28. The fourth-order valence-corrected chi connectivity index (χ4v) is 9.17. The van der Waals surface area contributed by atoms with Crippen molar-refractivity contribution in [2.75, 3.05) is 14.2 Å². The van der Waals surface area contributed by atoms with E-state index < -0.39 is 138 Å². The van der Waals surface area contributed by atoms with Crippen molar-refractivity contribution in [2.45, 2.75) is 194 Å². The number of esters is 3. The molecule has 0 aromatic rings. The summed E-state index contributed by atoms with van der Waals surface area (Å²) in [5.41, 5.74) is -3.07. The number of methoxy groups -OCH3 is 2. The summed E-state index contributed by atoms with van der Waals surface area (Å²) in [7, 11) is 2.96. The van der Waals surface area contributed by atoms with Crippen molar-refractivity contribution >= 4 is 23.7 Å². The second-order valence-corrected chi connectivity index (χ2v) is 17.7. The maximum atomic E-state index is 14.7. The highest BCUT2D eigenvalue weighted by Crippen LogP contribution is 2.40. The van der Waals surface area contributed by atoms with Crippen LogP contribution in [0.25, 0.3) is 0 Å². The summed E-state index contributed by atoms with van der Waals surface area (Å²) in [5, 5.41) is 34.4. The van der Waals surface area contributed by atoms with Crippen LogP contribution in [0.5, 0.6) is 0 Å². The molecule has 336 valence electrons. The first-order valence-electron chi connectivity index (χ1n) is 20.7. The summed E-state index contributed by atoms with van der Waals surface area (Å²) >= 11 is 0. The molecule has 0 saturated carbocycles. The van der Waals surface area contributed by atoms with Crippen LogP contribution in [0.1, 0.15) is 109 Å². The van der Waals surface area contributed by atoms with E-state index in [1.165, 1.54) is 35.0 Å². The third-order valence-electron chi connectivity index (χ3n) is 12.8. The van der Waals surface area contributed by atoms with E-state index in [0.29, 0.717) is 6.42 Å². The van der Waals surface area contributed by atoms with E-state index in [0.717, 1.165) is 0 Å². The first kappa shape index (κ1) is 50.1. The van der Waals surface area contributed by atoms with E-state index >= 15 is 0 Å². The molecule has 20 unspecified atom stereocenters. The number of ketones is 1. The third kappa shape index (κ3) is 11.8. The van der Waals surface area contributed by atoms with Gasteiger partial charge in [0.15, 0.2) is 18.4 Å². The van der Waals surface area contributed by atoms with Crippen molar-refractivity contribution in [3.63, 3.8) is 0 Å². The lowest BCUT2D eigenvalue weighted by Crippen LogP contribution is -2.58. The molecule has 0 spiro atoms. The molecule has 0 aliphatic carbocycles. The zero-order valence-electron chi connectivity index (χ0n) is 37.2. The molecule has 3 saturated heterocycles. The quantitative estimate of drug-likeness (QED) is 0.212. The van der Waals surface area contributed by atoms with E-state index in [9.17, 15) is 34.5 Å². The van der Waals surface area contributed by atoms with Crippen molar-refractivity contribution in [3.8, 4) is 0 Å². The summed E-state index contributed by atoms with van der Waals surface area (Å²) in [5.74, 6) is -7.67. The van der Waals surface area contributed by atoms with Crippen LogP contribution >= 0.6 is 0 Å². The molecule has 16 heteroatoms. The number of Topliss-reactive ketones (excluding diaryl/α,β-unsaturated/α-hetero) is 1. The van der Waals surface area contributed by atoms with Crippen LogP contribution in [0.15, 0.2) is 0 Å². The Morgan fingerprint density at radius 2 is 1.45 bits per heavy atom. The first-order chi connectivity index (χ1) is 26.8. The lowest BCUT2D eigenvalue weighted by atomic mass is 9.74. The number of aliphatic hydroxyl groups excluding tert-OH is 2. The number of hydrogen-bond donors (Lipinski definition) is 3. The SMILES string of the molecule is COC1CC(C)OC(OC2C(C)CC(C)(O)C(=O)C(C)C(OC(C)=O)C(C)C(C(C)C(C)OC(C)=O)OC(=O)C(C)C(OC3CC(C)(OC)C(O)C(C)O3)C2C)C1O. The highest BCUT2D eigenvalue weighted by Gasteiger charge is 2.52. The predicted octanol–water partition coefficient (Wildman–Crippen LogP) is 3.50. The van der Waals surface area contributed by atoms with Gasteiger partial charge in [-0.2, -0.15) is 0 Å². The smallest absolute Gasteiger partial charge is 0.311 e. The predicted molar refractivity (Wildman–Crippen MR) is 208 cm³/mol. The van der Waals surface area contributed by atoms with E-state index in [1.54, 1.807) is 62.3 Å². The summed E-state index contributed by atoms with van der Waals surface area (Å²) in [6, 6.07) is 0. The summed E-state index contributed by atoms with van der Waals surface area (Å²) in [4.78, 5) is 53.7. The fraction of sp³-hybridized carbons (Fsp3) is 0.905. The zero-order valence-corrected chi connectivity index (χ0v) is 37.2. The molecule has 16 nitrogen and oxygen atoms in total. The second-order valence-electron chi connectivity index (χ2n) is 17.7. The Balaban J connectivity index is 2.26. The first-order valence-corrected chi connectivity index (χ1v) is 20.7. The maximum Gasteiger partial charge on any atom is 0.311 e. The topological polar surface area (TPSA) is 212 Å². The van der Waals surface area contributed by atoms with E-state index in [2.05, 4.69) is 0 Å². The summed E-state index contributed by atoms with van der Waals surface area (Å²) in [6.45, 7) is 20.9. The second kappa shape index (κ2) is 20.5. The molecular formula is C42H72O16. The van der Waals surface area contributed by atoms with Gasteiger partial charge >= 0.3 is 17.9 Å². The van der Waals surface area contributed by atoms with E-state index in [-0.39, 0.29) is 18.9 Å². The van der Waals surface area contributed by atoms with Crippen LogP contribution in [0.2, 0.25) is 0 Å². The fourth-order valence-electron chi connectivity index (χ4n) is 9.17. The van der Waals surface area contributed by atoms with E-state index in [1.807, 2.05) is 6.92 Å². The Morgan fingerprint density at radius 3 is 2.00 bits per heavy atom. The highest BCUT2D eigenvalue weighted by molar-refractivity contribution is 5.89. The van der Waals surface area contributed by atoms with Gasteiger partial charge in [0.2, 0.25) is 0 Å². The average Bonchev–Trinajstić information content (AvgIpc) is 3.14. The normalized spacial score (nSPS) is 44.7. The summed E-state index contributed by atoms with van der Waals surface area (Å²) in [6.07, 6.45) is -10.8. The Bertz CT molecular complexity index is 1390. The number of ether oxygens (including phenoxy) is 9. The van der Waals surface area contributed by atoms with Gasteiger partial charge in [0.1, 0.15) is 36.1 Å². The number of carbonyl (C=O) groups excluding carboxylic acids is 4. The van der Waals surface area contributed by atoms with Crippen molar-refractivity contribution < 1.29 is 77.1 Å². The molecule has 0 amide bonds. The lowest BCUT2D eigenvalue weighted by molar-refractivity contribution is -0.312. The molecule has 0 aromatic carbocycles. The minimum atomic E-state index is -2.00.